The van der Waals surface area contributed by atoms with Gasteiger partial charge in [-0.05, 0) is 38.1 Å². The summed E-state index contributed by atoms with van der Waals surface area (Å²) in [6.07, 6.45) is 1.57. The van der Waals surface area contributed by atoms with Gasteiger partial charge in [-0.3, -0.25) is 0 Å². The van der Waals surface area contributed by atoms with Crippen molar-refractivity contribution in [1.82, 2.24) is 0 Å². The third-order valence-electron chi connectivity index (χ3n) is 3.91. The van der Waals surface area contributed by atoms with Crippen LogP contribution in [-0.2, 0) is 56.6 Å². The van der Waals surface area contributed by atoms with Crippen molar-refractivity contribution < 1.29 is 71.0 Å². The van der Waals surface area contributed by atoms with Crippen LogP contribution in [0.2, 0.25) is 0 Å². The molecule has 207 valence electrons. The Balaban J connectivity index is 0.000000682. The quantitative estimate of drug-likeness (QED) is 0.148. The Bertz CT molecular complexity index is 1270. The second-order valence-electron chi connectivity index (χ2n) is 6.49. The molecule has 0 fully saturated rings. The van der Waals surface area contributed by atoms with E-state index >= 15 is 0 Å². The van der Waals surface area contributed by atoms with Crippen molar-refractivity contribution >= 4 is 43.9 Å². The summed E-state index contributed by atoms with van der Waals surface area (Å²) in [6.45, 7) is 3.47. The van der Waals surface area contributed by atoms with Crippen LogP contribution in [0, 0.1) is 0 Å². The minimum Gasteiger partial charge on any atom is -0.507 e. The van der Waals surface area contributed by atoms with Crippen molar-refractivity contribution in [3.63, 3.8) is 0 Å². The first-order chi connectivity index (χ1) is 16.7. The number of esters is 2. The van der Waals surface area contributed by atoms with Crippen molar-refractivity contribution in [3.05, 3.63) is 71.8 Å². The summed E-state index contributed by atoms with van der Waals surface area (Å²) in [5.74, 6) is -2.55. The predicted octanol–water partition coefficient (Wildman–Crippen LogP) is 3.61. The Morgan fingerprint density at radius 2 is 1.08 bits per heavy atom. The molecule has 2 aromatic carbocycles. The summed E-state index contributed by atoms with van der Waals surface area (Å²) in [4.78, 5) is 20.9. The van der Waals surface area contributed by atoms with Gasteiger partial charge in [0.25, 0.3) is 0 Å². The van der Waals surface area contributed by atoms with Gasteiger partial charge in [-0.15, -0.1) is 7.77 Å². The van der Waals surface area contributed by atoms with E-state index in [1.165, 1.54) is 24.3 Å². The molecule has 0 spiro atoms. The first kappa shape index (κ1) is 33.7. The van der Waals surface area contributed by atoms with E-state index in [4.69, 9.17) is 0 Å². The second-order valence-corrected chi connectivity index (χ2v) is 9.19. The molecule has 15 heteroatoms. The minimum absolute atomic E-state index is 0. The van der Waals surface area contributed by atoms with Crippen molar-refractivity contribution in [2.75, 3.05) is 13.2 Å². The zero-order valence-electron chi connectivity index (χ0n) is 19.2. The summed E-state index contributed by atoms with van der Waals surface area (Å²) in [5, 5.41) is 19.1. The maximum Gasteiger partial charge on any atom is 0.334 e. The number of halogens is 2. The molecule has 1 radical (unpaired) electrons. The van der Waals surface area contributed by atoms with E-state index in [-0.39, 0.29) is 41.4 Å². The maximum absolute atomic E-state index is 12.7. The molecule has 0 amide bonds. The first-order valence-corrected chi connectivity index (χ1v) is 12.7. The van der Waals surface area contributed by atoms with E-state index in [1.54, 1.807) is 13.8 Å². The van der Waals surface area contributed by atoms with E-state index in [1.807, 2.05) is 0 Å². The third kappa shape index (κ3) is 12.0. The molecule has 2 aromatic rings. The standard InChI is InChI=1S/2C11H11FO5S.Cu/c2*1-2-17-11(14)7-10(13)8-4-3-5-9(6-8)18(12,15)16;/h2*3-7,13H,2H2,1H3;. The molecule has 10 nitrogen and oxygen atoms in total. The van der Waals surface area contributed by atoms with Gasteiger partial charge in [-0.1, -0.05) is 24.3 Å². The Hall–Kier alpha value is -3.26. The third-order valence-corrected chi connectivity index (χ3v) is 5.54. The number of ether oxygens (including phenoxy) is 2. The molecule has 0 aliphatic rings. The van der Waals surface area contributed by atoms with Crippen LogP contribution in [0.4, 0.5) is 7.77 Å². The normalized spacial score (nSPS) is 11.9. The van der Waals surface area contributed by atoms with Crippen LogP contribution >= 0.6 is 0 Å². The van der Waals surface area contributed by atoms with Crippen LogP contribution in [0.3, 0.4) is 0 Å². The van der Waals surface area contributed by atoms with Crippen LogP contribution in [0.5, 0.6) is 0 Å². The molecule has 2 rings (SSSR count). The fourth-order valence-corrected chi connectivity index (χ4v) is 3.39. The Morgan fingerprint density at radius 1 is 0.757 bits per heavy atom. The Kier molecular flexibility index (Phi) is 13.8. The summed E-state index contributed by atoms with van der Waals surface area (Å²) < 4.78 is 77.3. The molecular weight excluding hydrogens is 590 g/mol. The van der Waals surface area contributed by atoms with Gasteiger partial charge < -0.3 is 19.7 Å². The maximum atomic E-state index is 12.7. The van der Waals surface area contributed by atoms with Crippen molar-refractivity contribution in [1.29, 1.82) is 0 Å². The number of aliphatic hydroxyl groups excluding tert-OH is 2. The van der Waals surface area contributed by atoms with Crippen LogP contribution < -0.4 is 0 Å². The Labute approximate surface area is 223 Å². The van der Waals surface area contributed by atoms with Gasteiger partial charge in [0.15, 0.2) is 0 Å². The molecule has 0 heterocycles. The van der Waals surface area contributed by atoms with Crippen LogP contribution in [0.1, 0.15) is 25.0 Å². The largest absolute Gasteiger partial charge is 0.507 e. The number of rotatable bonds is 8. The number of hydrogen-bond acceptors (Lipinski definition) is 10. The number of aliphatic hydroxyl groups is 2. The average Bonchev–Trinajstić information content (AvgIpc) is 2.79. The SMILES string of the molecule is CCOC(=O)C=C(O)c1cccc(S(=O)(=O)F)c1.CCOC(=O)C=C(O)c1cccc(S(=O)(=O)F)c1.[Cu]. The van der Waals surface area contributed by atoms with Crippen molar-refractivity contribution in [2.24, 2.45) is 0 Å². The predicted molar refractivity (Wildman–Crippen MR) is 124 cm³/mol. The molecule has 0 aliphatic carbocycles. The smallest absolute Gasteiger partial charge is 0.334 e. The summed E-state index contributed by atoms with van der Waals surface area (Å²) >= 11 is 0. The molecule has 0 aliphatic heterocycles. The van der Waals surface area contributed by atoms with Crippen molar-refractivity contribution in [2.45, 2.75) is 23.6 Å². The molecule has 2 N–H and O–H groups in total. The van der Waals surface area contributed by atoms with Gasteiger partial charge in [0.05, 0.1) is 35.2 Å². The molecular formula is C22H22CuF2O10S2. The fraction of sp³-hybridized carbons (Fsp3) is 0.182. The molecule has 0 bridgehead atoms. The number of benzene rings is 2. The summed E-state index contributed by atoms with van der Waals surface area (Å²) in [6, 6.07) is 9.07. The molecule has 0 unspecified atom stereocenters. The topological polar surface area (TPSA) is 161 Å². The van der Waals surface area contributed by atoms with E-state index in [2.05, 4.69) is 9.47 Å². The monoisotopic (exact) mass is 611 g/mol. The van der Waals surface area contributed by atoms with Crippen molar-refractivity contribution in [3.8, 4) is 0 Å². The van der Waals surface area contributed by atoms with Gasteiger partial charge in [-0.25, -0.2) is 9.59 Å². The van der Waals surface area contributed by atoms with Crippen LogP contribution in [0.15, 0.2) is 70.5 Å². The molecule has 0 saturated heterocycles. The average molecular weight is 612 g/mol. The van der Waals surface area contributed by atoms with Gasteiger partial charge in [0.2, 0.25) is 0 Å². The van der Waals surface area contributed by atoms with Crippen LogP contribution in [-0.4, -0.2) is 52.2 Å². The zero-order valence-corrected chi connectivity index (χ0v) is 21.8. The summed E-state index contributed by atoms with van der Waals surface area (Å²) in [7, 11) is -9.70. The molecule has 0 atom stereocenters. The van der Waals surface area contributed by atoms with E-state index in [9.17, 15) is 44.4 Å². The number of carbonyl (C=O) groups excluding carboxylic acids is 2. The first-order valence-electron chi connectivity index (χ1n) is 9.94. The number of hydrogen-bond donors (Lipinski definition) is 2. The van der Waals surface area contributed by atoms with Crippen LogP contribution in [0.25, 0.3) is 11.5 Å². The minimum atomic E-state index is -4.85. The van der Waals surface area contributed by atoms with E-state index < -0.39 is 53.7 Å². The molecule has 0 aromatic heterocycles. The van der Waals surface area contributed by atoms with Gasteiger partial charge >= 0.3 is 32.4 Å². The molecule has 37 heavy (non-hydrogen) atoms. The number of carbonyl (C=O) groups is 2. The van der Waals surface area contributed by atoms with Gasteiger partial charge in [-0.2, -0.15) is 16.8 Å². The van der Waals surface area contributed by atoms with E-state index in [0.717, 1.165) is 36.4 Å². The second kappa shape index (κ2) is 15.1. The van der Waals surface area contributed by atoms with Gasteiger partial charge in [0.1, 0.15) is 11.5 Å². The Morgan fingerprint density at radius 3 is 1.35 bits per heavy atom. The molecule has 0 saturated carbocycles. The fourth-order valence-electron chi connectivity index (χ4n) is 2.37. The van der Waals surface area contributed by atoms with E-state index in [0.29, 0.717) is 0 Å². The zero-order chi connectivity index (χ0) is 27.5. The van der Waals surface area contributed by atoms with Gasteiger partial charge in [0, 0.05) is 28.2 Å². The summed E-state index contributed by atoms with van der Waals surface area (Å²) in [5.41, 5.74) is 0.00329.